The van der Waals surface area contributed by atoms with Gasteiger partial charge in [0.1, 0.15) is 23.4 Å². The molecule has 6 heteroatoms. The van der Waals surface area contributed by atoms with Crippen LogP contribution in [0.2, 0.25) is 0 Å². The van der Waals surface area contributed by atoms with Crippen LogP contribution < -0.4 is 0 Å². The standard InChI is InChI=1S/C22H15N3O3/c1-13-6-7-14(22(26)27)11-17(13)20-9-8-16(28-20)10-15(12-23)21-24-18-4-2-3-5-19(18)25-21/h2-11H,1H3,(H,24,25)(H,26,27)/b15-10-. The van der Waals surface area contributed by atoms with E-state index in [-0.39, 0.29) is 5.56 Å². The Balaban J connectivity index is 1.71. The molecule has 6 nitrogen and oxygen atoms in total. The number of H-pyrrole nitrogens is 1. The number of nitriles is 1. The third kappa shape index (κ3) is 3.17. The van der Waals surface area contributed by atoms with E-state index in [0.29, 0.717) is 28.5 Å². The fourth-order valence-electron chi connectivity index (χ4n) is 2.97. The fraction of sp³-hybridized carbons (Fsp3) is 0.0455. The molecule has 0 bridgehead atoms. The number of nitrogens with one attached hydrogen (secondary N) is 1. The maximum absolute atomic E-state index is 11.2. The monoisotopic (exact) mass is 369 g/mol. The summed E-state index contributed by atoms with van der Waals surface area (Å²) in [6, 6.07) is 18.1. The van der Waals surface area contributed by atoms with Gasteiger partial charge in [0.15, 0.2) is 0 Å². The van der Waals surface area contributed by atoms with Gasteiger partial charge in [0.05, 0.1) is 22.2 Å². The number of hydrogen-bond acceptors (Lipinski definition) is 4. The van der Waals surface area contributed by atoms with E-state index in [2.05, 4.69) is 16.0 Å². The summed E-state index contributed by atoms with van der Waals surface area (Å²) in [6.07, 6.45) is 1.61. The molecule has 0 radical (unpaired) electrons. The molecule has 0 saturated heterocycles. The van der Waals surface area contributed by atoms with Gasteiger partial charge in [-0.3, -0.25) is 0 Å². The Bertz CT molecular complexity index is 1240. The number of imidazole rings is 1. The van der Waals surface area contributed by atoms with Gasteiger partial charge in [0.2, 0.25) is 0 Å². The quantitative estimate of drug-likeness (QED) is 0.498. The molecule has 0 unspecified atom stereocenters. The molecular weight excluding hydrogens is 354 g/mol. The molecule has 0 aliphatic carbocycles. The minimum Gasteiger partial charge on any atom is -0.478 e. The third-order valence-corrected chi connectivity index (χ3v) is 4.43. The van der Waals surface area contributed by atoms with Gasteiger partial charge in [-0.2, -0.15) is 5.26 Å². The average Bonchev–Trinajstić information content (AvgIpc) is 3.33. The van der Waals surface area contributed by atoms with Gasteiger partial charge < -0.3 is 14.5 Å². The molecule has 0 spiro atoms. The Labute approximate surface area is 160 Å². The summed E-state index contributed by atoms with van der Waals surface area (Å²) in [4.78, 5) is 18.8. The van der Waals surface area contributed by atoms with Gasteiger partial charge in [-0.25, -0.2) is 9.78 Å². The SMILES string of the molecule is Cc1ccc(C(=O)O)cc1-c1ccc(/C=C(/C#N)c2nc3ccccc3[nH]2)o1. The van der Waals surface area contributed by atoms with Crippen molar-refractivity contribution in [3.05, 3.63) is 77.3 Å². The summed E-state index contributed by atoms with van der Waals surface area (Å²) in [6.45, 7) is 1.88. The molecular formula is C22H15N3O3. The summed E-state index contributed by atoms with van der Waals surface area (Å²) in [5.74, 6) is 0.483. The van der Waals surface area contributed by atoms with Gasteiger partial charge in [0.25, 0.3) is 0 Å². The predicted octanol–water partition coefficient (Wildman–Crippen LogP) is 4.89. The summed E-state index contributed by atoms with van der Waals surface area (Å²) < 4.78 is 5.85. The first-order valence-corrected chi connectivity index (χ1v) is 8.56. The summed E-state index contributed by atoms with van der Waals surface area (Å²) >= 11 is 0. The van der Waals surface area contributed by atoms with Crippen molar-refractivity contribution >= 4 is 28.7 Å². The Morgan fingerprint density at radius 2 is 2.04 bits per heavy atom. The van der Waals surface area contributed by atoms with Crippen LogP contribution in [-0.4, -0.2) is 21.0 Å². The van der Waals surface area contributed by atoms with Crippen molar-refractivity contribution in [2.75, 3.05) is 0 Å². The highest BCUT2D eigenvalue weighted by Gasteiger charge is 2.13. The first-order valence-electron chi connectivity index (χ1n) is 8.56. The number of aromatic amines is 1. The number of rotatable bonds is 4. The molecule has 0 aliphatic heterocycles. The number of carboxylic acids is 1. The number of aromatic nitrogens is 2. The second-order valence-corrected chi connectivity index (χ2v) is 6.31. The zero-order chi connectivity index (χ0) is 19.7. The smallest absolute Gasteiger partial charge is 0.335 e. The molecule has 0 atom stereocenters. The summed E-state index contributed by atoms with van der Waals surface area (Å²) in [5.41, 5.74) is 3.75. The first kappa shape index (κ1) is 17.3. The number of furan rings is 1. The summed E-state index contributed by atoms with van der Waals surface area (Å²) in [5, 5.41) is 18.7. The van der Waals surface area contributed by atoms with Crippen LogP contribution in [-0.2, 0) is 0 Å². The number of carbonyl (C=O) groups is 1. The van der Waals surface area contributed by atoms with Crippen LogP contribution in [0, 0.1) is 18.3 Å². The number of aryl methyl sites for hydroxylation is 1. The topological polar surface area (TPSA) is 103 Å². The average molecular weight is 369 g/mol. The highest BCUT2D eigenvalue weighted by Crippen LogP contribution is 2.28. The van der Waals surface area contributed by atoms with Crippen LogP contribution in [0.5, 0.6) is 0 Å². The number of para-hydroxylation sites is 2. The highest BCUT2D eigenvalue weighted by molar-refractivity contribution is 5.91. The molecule has 2 N–H and O–H groups in total. The van der Waals surface area contributed by atoms with Crippen molar-refractivity contribution in [1.82, 2.24) is 9.97 Å². The van der Waals surface area contributed by atoms with Crippen LogP contribution in [0.25, 0.3) is 34.0 Å². The second-order valence-electron chi connectivity index (χ2n) is 6.31. The molecule has 136 valence electrons. The van der Waals surface area contributed by atoms with Crippen LogP contribution in [0.4, 0.5) is 0 Å². The Hall–Kier alpha value is -4.11. The van der Waals surface area contributed by atoms with Gasteiger partial charge in [0, 0.05) is 11.6 Å². The first-order chi connectivity index (χ1) is 13.5. The lowest BCUT2D eigenvalue weighted by molar-refractivity contribution is 0.0697. The number of nitrogens with zero attached hydrogens (tertiary/aromatic N) is 2. The van der Waals surface area contributed by atoms with E-state index in [4.69, 9.17) is 4.42 Å². The van der Waals surface area contributed by atoms with Crippen LogP contribution in [0.1, 0.15) is 27.5 Å². The minimum absolute atomic E-state index is 0.189. The Morgan fingerprint density at radius 3 is 2.79 bits per heavy atom. The molecule has 0 aliphatic rings. The van der Waals surface area contributed by atoms with E-state index in [1.165, 1.54) is 0 Å². The van der Waals surface area contributed by atoms with Gasteiger partial charge in [-0.15, -0.1) is 0 Å². The number of fused-ring (bicyclic) bond motifs is 1. The third-order valence-electron chi connectivity index (χ3n) is 4.43. The van der Waals surface area contributed by atoms with E-state index in [9.17, 15) is 15.2 Å². The Kier molecular flexibility index (Phi) is 4.26. The van der Waals surface area contributed by atoms with Crippen LogP contribution in [0.3, 0.4) is 0 Å². The van der Waals surface area contributed by atoms with E-state index < -0.39 is 5.97 Å². The van der Waals surface area contributed by atoms with Crippen molar-refractivity contribution in [2.24, 2.45) is 0 Å². The molecule has 2 aromatic heterocycles. The largest absolute Gasteiger partial charge is 0.478 e. The normalized spacial score (nSPS) is 11.5. The van der Waals surface area contributed by atoms with Crippen molar-refractivity contribution in [3.63, 3.8) is 0 Å². The zero-order valence-corrected chi connectivity index (χ0v) is 14.9. The van der Waals surface area contributed by atoms with Gasteiger partial charge >= 0.3 is 5.97 Å². The number of carboxylic acid groups (broad SMARTS) is 1. The molecule has 4 aromatic rings. The zero-order valence-electron chi connectivity index (χ0n) is 14.9. The number of hydrogen-bond donors (Lipinski definition) is 2. The van der Waals surface area contributed by atoms with Crippen LogP contribution >= 0.6 is 0 Å². The lowest BCUT2D eigenvalue weighted by Gasteiger charge is -2.04. The molecule has 4 rings (SSSR count). The van der Waals surface area contributed by atoms with E-state index in [1.807, 2.05) is 31.2 Å². The molecule has 0 amide bonds. The van der Waals surface area contributed by atoms with Crippen LogP contribution in [0.15, 0.2) is 59.0 Å². The number of benzene rings is 2. The van der Waals surface area contributed by atoms with E-state index in [1.54, 1.807) is 36.4 Å². The molecule has 0 fully saturated rings. The maximum atomic E-state index is 11.2. The van der Waals surface area contributed by atoms with Crippen molar-refractivity contribution in [1.29, 1.82) is 5.26 Å². The maximum Gasteiger partial charge on any atom is 0.335 e. The molecule has 0 saturated carbocycles. The van der Waals surface area contributed by atoms with E-state index >= 15 is 0 Å². The number of aromatic carboxylic acids is 1. The predicted molar refractivity (Wildman–Crippen MR) is 105 cm³/mol. The van der Waals surface area contributed by atoms with Crippen molar-refractivity contribution in [2.45, 2.75) is 6.92 Å². The second kappa shape index (κ2) is 6.89. The number of allylic oxidation sites excluding steroid dienone is 1. The fourth-order valence-corrected chi connectivity index (χ4v) is 2.97. The molecule has 28 heavy (non-hydrogen) atoms. The van der Waals surface area contributed by atoms with Crippen molar-refractivity contribution < 1.29 is 14.3 Å². The van der Waals surface area contributed by atoms with E-state index in [0.717, 1.165) is 16.6 Å². The van der Waals surface area contributed by atoms with Crippen molar-refractivity contribution in [3.8, 4) is 17.4 Å². The van der Waals surface area contributed by atoms with Gasteiger partial charge in [-0.05, 0) is 48.9 Å². The molecule has 2 aromatic carbocycles. The lowest BCUT2D eigenvalue weighted by atomic mass is 10.0. The summed E-state index contributed by atoms with van der Waals surface area (Å²) in [7, 11) is 0. The highest BCUT2D eigenvalue weighted by atomic mass is 16.4. The van der Waals surface area contributed by atoms with Gasteiger partial charge in [-0.1, -0.05) is 18.2 Å². The lowest BCUT2D eigenvalue weighted by Crippen LogP contribution is -1.96. The molecule has 2 heterocycles. The minimum atomic E-state index is -0.996. The Morgan fingerprint density at radius 1 is 1.21 bits per heavy atom.